The maximum Gasteiger partial charge on any atom is 0.218 e. The van der Waals surface area contributed by atoms with Crippen molar-refractivity contribution in [3.63, 3.8) is 0 Å². The molecule has 2 rings (SSSR count). The summed E-state index contributed by atoms with van der Waals surface area (Å²) in [6.45, 7) is 2.48. The minimum Gasteiger partial charge on any atom is -0.472 e. The fourth-order valence-corrected chi connectivity index (χ4v) is 2.02. The van der Waals surface area contributed by atoms with Gasteiger partial charge in [-0.2, -0.15) is 0 Å². The van der Waals surface area contributed by atoms with Crippen molar-refractivity contribution in [3.05, 3.63) is 46.3 Å². The van der Waals surface area contributed by atoms with Crippen LogP contribution in [0.5, 0.6) is 5.88 Å². The third-order valence-corrected chi connectivity index (χ3v) is 3.07. The van der Waals surface area contributed by atoms with Gasteiger partial charge in [0.1, 0.15) is 6.61 Å². The van der Waals surface area contributed by atoms with Crippen molar-refractivity contribution in [2.24, 2.45) is 5.73 Å². The van der Waals surface area contributed by atoms with Crippen LogP contribution in [0.4, 0.5) is 0 Å². The van der Waals surface area contributed by atoms with Crippen molar-refractivity contribution >= 4 is 11.3 Å². The molecule has 0 amide bonds. The lowest BCUT2D eigenvalue weighted by molar-refractivity contribution is 0.292. The Morgan fingerprint density at radius 1 is 1.44 bits per heavy atom. The average Bonchev–Trinajstić information content (AvgIpc) is 2.79. The first-order valence-corrected chi connectivity index (χ1v) is 6.01. The quantitative estimate of drug-likeness (QED) is 0.884. The topological polar surface area (TPSA) is 48.1 Å². The average molecular weight is 234 g/mol. The third-order valence-electron chi connectivity index (χ3n) is 2.22. The number of hydrogen-bond donors (Lipinski definition) is 1. The van der Waals surface area contributed by atoms with Gasteiger partial charge in [-0.05, 0) is 24.4 Å². The predicted molar refractivity (Wildman–Crippen MR) is 65.5 cm³/mol. The first-order valence-electron chi connectivity index (χ1n) is 5.13. The Balaban J connectivity index is 2.09. The standard InChI is InChI=1S/C12H14N2OS/c1-9(13)11-5-2-6-14-12(11)15-8-10-4-3-7-16-10/h2-7,9H,8,13H2,1H3. The highest BCUT2D eigenvalue weighted by Gasteiger charge is 2.08. The van der Waals surface area contributed by atoms with E-state index >= 15 is 0 Å². The highest BCUT2D eigenvalue weighted by atomic mass is 32.1. The number of hydrogen-bond acceptors (Lipinski definition) is 4. The van der Waals surface area contributed by atoms with Crippen molar-refractivity contribution in [1.29, 1.82) is 0 Å². The fourth-order valence-electron chi connectivity index (χ4n) is 1.40. The van der Waals surface area contributed by atoms with Gasteiger partial charge in [-0.25, -0.2) is 4.98 Å². The van der Waals surface area contributed by atoms with E-state index in [1.54, 1.807) is 17.5 Å². The SMILES string of the molecule is CC(N)c1cccnc1OCc1cccs1. The Morgan fingerprint density at radius 3 is 3.00 bits per heavy atom. The van der Waals surface area contributed by atoms with Crippen LogP contribution in [0.15, 0.2) is 35.8 Å². The van der Waals surface area contributed by atoms with Gasteiger partial charge < -0.3 is 10.5 Å². The third kappa shape index (κ3) is 2.59. The smallest absolute Gasteiger partial charge is 0.218 e. The highest BCUT2D eigenvalue weighted by molar-refractivity contribution is 7.09. The summed E-state index contributed by atoms with van der Waals surface area (Å²) in [5.41, 5.74) is 6.79. The Kier molecular flexibility index (Phi) is 3.54. The summed E-state index contributed by atoms with van der Waals surface area (Å²) < 4.78 is 5.66. The summed E-state index contributed by atoms with van der Waals surface area (Å²) in [5, 5.41) is 2.03. The van der Waals surface area contributed by atoms with Gasteiger partial charge >= 0.3 is 0 Å². The van der Waals surface area contributed by atoms with Crippen molar-refractivity contribution in [3.8, 4) is 5.88 Å². The molecule has 2 aromatic rings. The molecule has 0 saturated heterocycles. The molecule has 0 radical (unpaired) electrons. The van der Waals surface area contributed by atoms with E-state index in [1.165, 1.54) is 4.88 Å². The predicted octanol–water partition coefficient (Wildman–Crippen LogP) is 2.74. The van der Waals surface area contributed by atoms with Gasteiger partial charge in [-0.3, -0.25) is 0 Å². The lowest BCUT2D eigenvalue weighted by Gasteiger charge is -2.11. The molecule has 0 aliphatic carbocycles. The first-order chi connectivity index (χ1) is 7.77. The zero-order valence-corrected chi connectivity index (χ0v) is 9.91. The summed E-state index contributed by atoms with van der Waals surface area (Å²) in [7, 11) is 0. The van der Waals surface area contributed by atoms with E-state index in [0.717, 1.165) is 5.56 Å². The van der Waals surface area contributed by atoms with Crippen LogP contribution in [-0.4, -0.2) is 4.98 Å². The summed E-state index contributed by atoms with van der Waals surface area (Å²) in [6.07, 6.45) is 1.72. The van der Waals surface area contributed by atoms with Crippen LogP contribution in [0, 0.1) is 0 Å². The van der Waals surface area contributed by atoms with Crippen LogP contribution < -0.4 is 10.5 Å². The van der Waals surface area contributed by atoms with E-state index in [4.69, 9.17) is 10.5 Å². The van der Waals surface area contributed by atoms with Gasteiger partial charge in [-0.1, -0.05) is 12.1 Å². The normalized spacial score (nSPS) is 12.4. The molecule has 3 nitrogen and oxygen atoms in total. The van der Waals surface area contributed by atoms with Gasteiger partial charge in [0.25, 0.3) is 0 Å². The molecule has 4 heteroatoms. The van der Waals surface area contributed by atoms with Gasteiger partial charge in [-0.15, -0.1) is 11.3 Å². The number of ether oxygens (including phenoxy) is 1. The minimum absolute atomic E-state index is 0.0629. The minimum atomic E-state index is -0.0629. The molecule has 2 aromatic heterocycles. The van der Waals surface area contributed by atoms with Crippen molar-refractivity contribution in [2.75, 3.05) is 0 Å². The monoisotopic (exact) mass is 234 g/mol. The van der Waals surface area contributed by atoms with Crippen molar-refractivity contribution in [2.45, 2.75) is 19.6 Å². The van der Waals surface area contributed by atoms with Gasteiger partial charge in [0, 0.05) is 22.7 Å². The molecule has 0 saturated carbocycles. The molecule has 84 valence electrons. The van der Waals surface area contributed by atoms with E-state index in [1.807, 2.05) is 36.6 Å². The highest BCUT2D eigenvalue weighted by Crippen LogP contribution is 2.22. The van der Waals surface area contributed by atoms with Crippen LogP contribution >= 0.6 is 11.3 Å². The molecule has 0 aliphatic heterocycles. The summed E-state index contributed by atoms with van der Waals surface area (Å²) in [6, 6.07) is 7.80. The molecule has 16 heavy (non-hydrogen) atoms. The summed E-state index contributed by atoms with van der Waals surface area (Å²) >= 11 is 1.67. The van der Waals surface area contributed by atoms with Gasteiger partial charge in [0.2, 0.25) is 5.88 Å². The van der Waals surface area contributed by atoms with Crippen LogP contribution in [0.25, 0.3) is 0 Å². The molecule has 2 N–H and O–H groups in total. The Hall–Kier alpha value is -1.39. The molecule has 0 fully saturated rings. The number of thiophene rings is 1. The fraction of sp³-hybridized carbons (Fsp3) is 0.250. The molecular formula is C12H14N2OS. The number of nitrogens with two attached hydrogens (primary N) is 1. The van der Waals surface area contributed by atoms with E-state index in [9.17, 15) is 0 Å². The molecule has 1 atom stereocenters. The van der Waals surface area contributed by atoms with E-state index in [2.05, 4.69) is 4.98 Å². The maximum absolute atomic E-state index is 5.85. The zero-order chi connectivity index (χ0) is 11.4. The van der Waals surface area contributed by atoms with Crippen LogP contribution in [0.1, 0.15) is 23.4 Å². The Morgan fingerprint density at radius 2 is 2.31 bits per heavy atom. The molecule has 0 aliphatic rings. The molecule has 1 unspecified atom stereocenters. The van der Waals surface area contributed by atoms with Crippen LogP contribution in [0.2, 0.25) is 0 Å². The van der Waals surface area contributed by atoms with Crippen LogP contribution in [-0.2, 0) is 6.61 Å². The second-order valence-electron chi connectivity index (χ2n) is 3.55. The van der Waals surface area contributed by atoms with E-state index < -0.39 is 0 Å². The Labute approximate surface area is 98.9 Å². The van der Waals surface area contributed by atoms with Gasteiger partial charge in [0.05, 0.1) is 0 Å². The van der Waals surface area contributed by atoms with Gasteiger partial charge in [0.15, 0.2) is 0 Å². The number of pyridine rings is 1. The zero-order valence-electron chi connectivity index (χ0n) is 9.09. The van der Waals surface area contributed by atoms with Crippen molar-refractivity contribution < 1.29 is 4.74 Å². The molecule has 0 aromatic carbocycles. The second-order valence-corrected chi connectivity index (χ2v) is 4.59. The lowest BCUT2D eigenvalue weighted by atomic mass is 10.1. The van der Waals surface area contributed by atoms with Crippen LogP contribution in [0.3, 0.4) is 0 Å². The number of aromatic nitrogens is 1. The van der Waals surface area contributed by atoms with E-state index in [0.29, 0.717) is 12.5 Å². The van der Waals surface area contributed by atoms with Crippen molar-refractivity contribution in [1.82, 2.24) is 4.98 Å². The Bertz CT molecular complexity index is 440. The first kappa shape index (κ1) is 11.1. The largest absolute Gasteiger partial charge is 0.472 e. The molecule has 2 heterocycles. The molecule has 0 spiro atoms. The molecule has 0 bridgehead atoms. The van der Waals surface area contributed by atoms with E-state index in [-0.39, 0.29) is 6.04 Å². The maximum atomic E-state index is 5.85. The molecular weight excluding hydrogens is 220 g/mol. The number of nitrogens with zero attached hydrogens (tertiary/aromatic N) is 1. The number of rotatable bonds is 4. The lowest BCUT2D eigenvalue weighted by Crippen LogP contribution is -2.08. The summed E-state index contributed by atoms with van der Waals surface area (Å²) in [4.78, 5) is 5.38. The second kappa shape index (κ2) is 5.09. The summed E-state index contributed by atoms with van der Waals surface area (Å²) in [5.74, 6) is 0.630.